The number of carbonyl (C=O) groups is 1. The number of carbonyl (C=O) groups excluding carboxylic acids is 1. The molecule has 1 aliphatic heterocycles. The zero-order valence-electron chi connectivity index (χ0n) is 18.5. The van der Waals surface area contributed by atoms with E-state index in [-0.39, 0.29) is 12.5 Å². The fourth-order valence-corrected chi connectivity index (χ4v) is 5.12. The molecule has 0 spiro atoms. The highest BCUT2D eigenvalue weighted by Gasteiger charge is 2.32. The van der Waals surface area contributed by atoms with Crippen molar-refractivity contribution in [3.8, 4) is 16.9 Å². The maximum absolute atomic E-state index is 12.9. The Labute approximate surface area is 192 Å². The van der Waals surface area contributed by atoms with Crippen LogP contribution in [0.1, 0.15) is 25.3 Å². The molecule has 2 unspecified atom stereocenters. The lowest BCUT2D eigenvalue weighted by Crippen LogP contribution is -2.50. The van der Waals surface area contributed by atoms with Crippen LogP contribution in [0.15, 0.2) is 57.7 Å². The molecule has 1 saturated heterocycles. The number of aryl methyl sites for hydroxylation is 1. The van der Waals surface area contributed by atoms with E-state index in [4.69, 9.17) is 14.3 Å². The molecule has 2 heterocycles. The molecule has 1 aromatic heterocycles. The van der Waals surface area contributed by atoms with Gasteiger partial charge in [0.25, 0.3) is 5.91 Å². The van der Waals surface area contributed by atoms with Crippen LogP contribution in [0, 0.1) is 6.92 Å². The SMILES string of the molecule is Cc1ccccc1-c1cc(=O)oc2cc(OC(C)C(=O)N3CCCC(S(N)(=O)=O)C3)ccc12. The van der Waals surface area contributed by atoms with Gasteiger partial charge >= 0.3 is 5.63 Å². The Morgan fingerprint density at radius 2 is 1.94 bits per heavy atom. The molecule has 174 valence electrons. The third-order valence-electron chi connectivity index (χ3n) is 5.97. The van der Waals surface area contributed by atoms with Crippen LogP contribution in [-0.2, 0) is 14.8 Å². The molecule has 1 fully saturated rings. The smallest absolute Gasteiger partial charge is 0.336 e. The molecule has 0 aliphatic carbocycles. The molecule has 0 saturated carbocycles. The minimum atomic E-state index is -3.71. The van der Waals surface area contributed by atoms with E-state index >= 15 is 0 Å². The quantitative estimate of drug-likeness (QED) is 0.573. The summed E-state index contributed by atoms with van der Waals surface area (Å²) >= 11 is 0. The summed E-state index contributed by atoms with van der Waals surface area (Å²) in [6.45, 7) is 4.08. The first kappa shape index (κ1) is 23.0. The van der Waals surface area contributed by atoms with E-state index in [0.717, 1.165) is 22.1 Å². The number of sulfonamides is 1. The number of nitrogens with two attached hydrogens (primary N) is 1. The van der Waals surface area contributed by atoms with E-state index in [1.54, 1.807) is 25.1 Å². The molecule has 2 aromatic carbocycles. The third kappa shape index (κ3) is 4.94. The number of amides is 1. The molecule has 4 rings (SSSR count). The summed E-state index contributed by atoms with van der Waals surface area (Å²) in [6.07, 6.45) is 0.139. The lowest BCUT2D eigenvalue weighted by atomic mass is 9.98. The average molecular weight is 471 g/mol. The highest BCUT2D eigenvalue weighted by atomic mass is 32.2. The van der Waals surface area contributed by atoms with Crippen molar-refractivity contribution in [3.05, 3.63) is 64.5 Å². The molecule has 0 bridgehead atoms. The fraction of sp³-hybridized carbons (Fsp3) is 0.333. The summed E-state index contributed by atoms with van der Waals surface area (Å²) < 4.78 is 34.6. The Kier molecular flexibility index (Phi) is 6.27. The minimum absolute atomic E-state index is 0.0533. The van der Waals surface area contributed by atoms with Crippen molar-refractivity contribution in [1.29, 1.82) is 0 Å². The van der Waals surface area contributed by atoms with Gasteiger partial charge in [-0.1, -0.05) is 24.3 Å². The van der Waals surface area contributed by atoms with E-state index in [0.29, 0.717) is 30.7 Å². The van der Waals surface area contributed by atoms with Gasteiger partial charge in [0.05, 0.1) is 5.25 Å². The molecule has 3 aromatic rings. The van der Waals surface area contributed by atoms with Crippen LogP contribution in [0.2, 0.25) is 0 Å². The Morgan fingerprint density at radius 3 is 2.67 bits per heavy atom. The first-order valence-corrected chi connectivity index (χ1v) is 12.4. The highest BCUT2D eigenvalue weighted by molar-refractivity contribution is 7.89. The second-order valence-electron chi connectivity index (χ2n) is 8.35. The summed E-state index contributed by atoms with van der Waals surface area (Å²) in [7, 11) is -3.71. The van der Waals surface area contributed by atoms with Crippen molar-refractivity contribution in [2.75, 3.05) is 13.1 Å². The zero-order valence-corrected chi connectivity index (χ0v) is 19.3. The van der Waals surface area contributed by atoms with Gasteiger partial charge in [-0.25, -0.2) is 18.4 Å². The number of nitrogens with zero attached hydrogens (tertiary/aromatic N) is 1. The van der Waals surface area contributed by atoms with Crippen LogP contribution in [0.4, 0.5) is 0 Å². The van der Waals surface area contributed by atoms with Crippen molar-refractivity contribution in [2.24, 2.45) is 5.14 Å². The Morgan fingerprint density at radius 1 is 1.18 bits per heavy atom. The van der Waals surface area contributed by atoms with Crippen molar-refractivity contribution in [2.45, 2.75) is 38.0 Å². The summed E-state index contributed by atoms with van der Waals surface area (Å²) in [5, 5.41) is 5.25. The Bertz CT molecular complexity index is 1360. The van der Waals surface area contributed by atoms with E-state index < -0.39 is 27.0 Å². The molecule has 33 heavy (non-hydrogen) atoms. The summed E-state index contributed by atoms with van der Waals surface area (Å²) in [4.78, 5) is 26.6. The lowest BCUT2D eigenvalue weighted by Gasteiger charge is -2.33. The van der Waals surface area contributed by atoms with Gasteiger partial charge in [0, 0.05) is 36.2 Å². The van der Waals surface area contributed by atoms with Gasteiger partial charge in [-0.05, 0) is 49.9 Å². The second-order valence-corrected chi connectivity index (χ2v) is 10.2. The number of hydrogen-bond acceptors (Lipinski definition) is 6. The normalized spacial score (nSPS) is 17.7. The highest BCUT2D eigenvalue weighted by Crippen LogP contribution is 2.31. The topological polar surface area (TPSA) is 120 Å². The second kappa shape index (κ2) is 8.99. The van der Waals surface area contributed by atoms with Gasteiger partial charge in [-0.15, -0.1) is 0 Å². The Hall–Kier alpha value is -3.17. The minimum Gasteiger partial charge on any atom is -0.481 e. The lowest BCUT2D eigenvalue weighted by molar-refractivity contribution is -0.138. The molecule has 1 aliphatic rings. The molecule has 9 heteroatoms. The van der Waals surface area contributed by atoms with E-state index in [2.05, 4.69) is 0 Å². The standard InChI is InChI=1S/C24H26N2O6S/c1-15-6-3-4-8-19(15)21-13-23(27)32-22-12-17(9-10-20(21)22)31-16(2)24(28)26-11-5-7-18(14-26)33(25,29)30/h3-4,6,8-10,12-13,16,18H,5,7,11,14H2,1-2H3,(H2,25,29,30). The summed E-state index contributed by atoms with van der Waals surface area (Å²) in [6, 6.07) is 14.3. The van der Waals surface area contributed by atoms with Crippen LogP contribution < -0.4 is 15.5 Å². The number of primary sulfonamides is 1. The van der Waals surface area contributed by atoms with E-state index in [1.807, 2.05) is 31.2 Å². The first-order valence-electron chi connectivity index (χ1n) is 10.7. The van der Waals surface area contributed by atoms with E-state index in [1.165, 1.54) is 11.0 Å². The van der Waals surface area contributed by atoms with Gasteiger partial charge in [0.1, 0.15) is 11.3 Å². The van der Waals surface area contributed by atoms with Gasteiger partial charge in [-0.3, -0.25) is 4.79 Å². The monoisotopic (exact) mass is 470 g/mol. The van der Waals surface area contributed by atoms with Crippen LogP contribution in [-0.4, -0.2) is 43.7 Å². The van der Waals surface area contributed by atoms with Crippen molar-refractivity contribution < 1.29 is 22.4 Å². The van der Waals surface area contributed by atoms with Crippen LogP contribution in [0.3, 0.4) is 0 Å². The van der Waals surface area contributed by atoms with Gasteiger partial charge in [0.15, 0.2) is 6.10 Å². The molecule has 0 radical (unpaired) electrons. The number of likely N-dealkylation sites (tertiary alicyclic amines) is 1. The number of piperidine rings is 1. The van der Waals surface area contributed by atoms with Crippen LogP contribution in [0.5, 0.6) is 5.75 Å². The van der Waals surface area contributed by atoms with Gasteiger partial charge in [0.2, 0.25) is 10.0 Å². The summed E-state index contributed by atoms with van der Waals surface area (Å²) in [5.41, 5.74) is 2.59. The fourth-order valence-electron chi connectivity index (χ4n) is 4.23. The Balaban J connectivity index is 1.58. The first-order chi connectivity index (χ1) is 15.6. The molecule has 2 N–H and O–H groups in total. The largest absolute Gasteiger partial charge is 0.481 e. The predicted octanol–water partition coefficient (Wildman–Crippen LogP) is 2.82. The van der Waals surface area contributed by atoms with Crippen molar-refractivity contribution in [3.63, 3.8) is 0 Å². The average Bonchev–Trinajstić information content (AvgIpc) is 2.77. The number of hydrogen-bond donors (Lipinski definition) is 1. The maximum Gasteiger partial charge on any atom is 0.336 e. The van der Waals surface area contributed by atoms with Crippen LogP contribution in [0.25, 0.3) is 22.1 Å². The molecule has 8 nitrogen and oxygen atoms in total. The molecule has 2 atom stereocenters. The molecule has 1 amide bonds. The van der Waals surface area contributed by atoms with Crippen molar-refractivity contribution in [1.82, 2.24) is 4.90 Å². The number of fused-ring (bicyclic) bond motifs is 1. The van der Waals surface area contributed by atoms with Gasteiger partial charge in [-0.2, -0.15) is 0 Å². The predicted molar refractivity (Wildman–Crippen MR) is 125 cm³/mol. The number of rotatable bonds is 5. The zero-order chi connectivity index (χ0) is 23.8. The molecular formula is C24H26N2O6S. The number of ether oxygens (including phenoxy) is 1. The third-order valence-corrected chi connectivity index (χ3v) is 7.28. The molecular weight excluding hydrogens is 444 g/mol. The van der Waals surface area contributed by atoms with Crippen molar-refractivity contribution >= 4 is 26.9 Å². The summed E-state index contributed by atoms with van der Waals surface area (Å²) in [5.74, 6) is 0.0481. The van der Waals surface area contributed by atoms with Crippen LogP contribution >= 0.6 is 0 Å². The maximum atomic E-state index is 12.9. The van der Waals surface area contributed by atoms with E-state index in [9.17, 15) is 18.0 Å². The van der Waals surface area contributed by atoms with Gasteiger partial charge < -0.3 is 14.1 Å². The number of benzene rings is 2.